The maximum absolute atomic E-state index is 12.3. The molecule has 0 bridgehead atoms. The van der Waals surface area contributed by atoms with Crippen LogP contribution in [0.25, 0.3) is 6.08 Å². The molecule has 0 amide bonds. The summed E-state index contributed by atoms with van der Waals surface area (Å²) in [6.45, 7) is 1.81. The zero-order valence-corrected chi connectivity index (χ0v) is 12.3. The van der Waals surface area contributed by atoms with Gasteiger partial charge in [0.05, 0.1) is 0 Å². The van der Waals surface area contributed by atoms with Gasteiger partial charge in [0.2, 0.25) is 10.0 Å². The van der Waals surface area contributed by atoms with Crippen LogP contribution in [0.5, 0.6) is 0 Å². The Morgan fingerprint density at radius 3 is 2.29 bits per heavy atom. The van der Waals surface area contributed by atoms with E-state index in [-0.39, 0.29) is 5.78 Å². The van der Waals surface area contributed by atoms with Crippen molar-refractivity contribution in [1.29, 1.82) is 0 Å². The molecule has 0 fully saturated rings. The van der Waals surface area contributed by atoms with Gasteiger partial charge in [-0.25, -0.2) is 13.6 Å². The van der Waals surface area contributed by atoms with E-state index < -0.39 is 10.0 Å². The first kappa shape index (κ1) is 15.2. The molecule has 0 aliphatic heterocycles. The van der Waals surface area contributed by atoms with Crippen molar-refractivity contribution in [1.82, 2.24) is 0 Å². The lowest BCUT2D eigenvalue weighted by molar-refractivity contribution is 0.103. The predicted molar refractivity (Wildman–Crippen MR) is 83.2 cm³/mol. The molecule has 0 aromatic heterocycles. The number of aryl methyl sites for hydroxylation is 1. The monoisotopic (exact) mass is 301 g/mol. The van der Waals surface area contributed by atoms with Gasteiger partial charge in [0, 0.05) is 16.5 Å². The molecule has 0 unspecified atom stereocenters. The van der Waals surface area contributed by atoms with Crippen LogP contribution in [0.2, 0.25) is 0 Å². The van der Waals surface area contributed by atoms with Crippen molar-refractivity contribution in [3.63, 3.8) is 0 Å². The molecule has 4 nitrogen and oxygen atoms in total. The van der Waals surface area contributed by atoms with Crippen LogP contribution in [0, 0.1) is 6.92 Å². The first-order valence-electron chi connectivity index (χ1n) is 6.28. The fourth-order valence-corrected chi connectivity index (χ4v) is 2.26. The van der Waals surface area contributed by atoms with Gasteiger partial charge in [-0.1, -0.05) is 42.5 Å². The van der Waals surface area contributed by atoms with Gasteiger partial charge in [0.15, 0.2) is 5.78 Å². The van der Waals surface area contributed by atoms with Crippen molar-refractivity contribution in [2.24, 2.45) is 5.14 Å². The van der Waals surface area contributed by atoms with Crippen LogP contribution in [0.4, 0.5) is 0 Å². The van der Waals surface area contributed by atoms with E-state index in [2.05, 4.69) is 0 Å². The second kappa shape index (κ2) is 6.03. The molecular formula is C16H15NO3S. The highest BCUT2D eigenvalue weighted by atomic mass is 32.2. The quantitative estimate of drug-likeness (QED) is 0.881. The lowest BCUT2D eigenvalue weighted by Gasteiger charge is -2.05. The molecule has 2 N–H and O–H groups in total. The Hall–Kier alpha value is -2.24. The Bertz CT molecular complexity index is 794. The molecule has 0 saturated carbocycles. The van der Waals surface area contributed by atoms with Crippen LogP contribution in [0.15, 0.2) is 53.9 Å². The minimum absolute atomic E-state index is 0.0688. The van der Waals surface area contributed by atoms with Crippen LogP contribution < -0.4 is 5.14 Å². The van der Waals surface area contributed by atoms with E-state index in [9.17, 15) is 13.2 Å². The van der Waals surface area contributed by atoms with E-state index in [0.717, 1.165) is 11.0 Å². The van der Waals surface area contributed by atoms with Crippen molar-refractivity contribution in [3.8, 4) is 0 Å². The predicted octanol–water partition coefficient (Wildman–Crippen LogP) is 2.49. The summed E-state index contributed by atoms with van der Waals surface area (Å²) < 4.78 is 21.8. The first-order valence-corrected chi connectivity index (χ1v) is 7.89. The van der Waals surface area contributed by atoms with Gasteiger partial charge < -0.3 is 0 Å². The molecule has 0 atom stereocenters. The first-order chi connectivity index (χ1) is 9.87. The number of carbonyl (C=O) groups is 1. The molecule has 5 heteroatoms. The Morgan fingerprint density at radius 2 is 1.71 bits per heavy atom. The number of sulfonamides is 1. The maximum Gasteiger partial charge on any atom is 0.231 e. The number of nitrogens with two attached hydrogens (primary N) is 1. The lowest BCUT2D eigenvalue weighted by Crippen LogP contribution is -2.07. The largest absolute Gasteiger partial charge is 0.289 e. The highest BCUT2D eigenvalue weighted by molar-refractivity contribution is 7.92. The summed E-state index contributed by atoms with van der Waals surface area (Å²) in [6, 6.07) is 14.1. The third-order valence-electron chi connectivity index (χ3n) is 3.01. The molecule has 21 heavy (non-hydrogen) atoms. The number of hydrogen-bond donors (Lipinski definition) is 1. The van der Waals surface area contributed by atoms with Crippen molar-refractivity contribution in [3.05, 3.63) is 76.2 Å². The Kier molecular flexibility index (Phi) is 4.35. The van der Waals surface area contributed by atoms with Gasteiger partial charge in [-0.2, -0.15) is 0 Å². The molecular weight excluding hydrogens is 286 g/mol. The van der Waals surface area contributed by atoms with Crippen molar-refractivity contribution in [2.45, 2.75) is 6.92 Å². The van der Waals surface area contributed by atoms with E-state index in [1.807, 2.05) is 25.1 Å². The summed E-state index contributed by atoms with van der Waals surface area (Å²) in [5.74, 6) is -0.0688. The molecule has 108 valence electrons. The third-order valence-corrected chi connectivity index (χ3v) is 3.52. The zero-order valence-electron chi connectivity index (χ0n) is 11.5. The van der Waals surface area contributed by atoms with E-state index in [4.69, 9.17) is 5.14 Å². The van der Waals surface area contributed by atoms with Crippen LogP contribution in [0.3, 0.4) is 0 Å². The molecule has 2 aromatic rings. The van der Waals surface area contributed by atoms with Crippen LogP contribution in [-0.2, 0) is 10.0 Å². The summed E-state index contributed by atoms with van der Waals surface area (Å²) in [5, 5.41) is 5.86. The summed E-state index contributed by atoms with van der Waals surface area (Å²) >= 11 is 0. The van der Waals surface area contributed by atoms with Crippen molar-refractivity contribution >= 4 is 21.9 Å². The van der Waals surface area contributed by atoms with Crippen LogP contribution >= 0.6 is 0 Å². The molecule has 0 aliphatic rings. The molecule has 0 saturated heterocycles. The Morgan fingerprint density at radius 1 is 1.05 bits per heavy atom. The van der Waals surface area contributed by atoms with Gasteiger partial charge in [0.25, 0.3) is 0 Å². The van der Waals surface area contributed by atoms with Crippen LogP contribution in [0.1, 0.15) is 27.0 Å². The fraction of sp³-hybridized carbons (Fsp3) is 0.0625. The number of carbonyl (C=O) groups excluding carboxylic acids is 1. The van der Waals surface area contributed by atoms with Crippen LogP contribution in [-0.4, -0.2) is 14.2 Å². The molecule has 2 rings (SSSR count). The second-order valence-electron chi connectivity index (χ2n) is 4.66. The van der Waals surface area contributed by atoms with E-state index in [1.54, 1.807) is 30.3 Å². The number of primary sulfonamides is 1. The number of rotatable bonds is 4. The minimum Gasteiger partial charge on any atom is -0.289 e. The fourth-order valence-electron chi connectivity index (χ4n) is 1.93. The highest BCUT2D eigenvalue weighted by Gasteiger charge is 2.09. The van der Waals surface area contributed by atoms with E-state index in [0.29, 0.717) is 16.7 Å². The molecule has 0 radical (unpaired) electrons. The molecule has 0 aliphatic carbocycles. The lowest BCUT2D eigenvalue weighted by atomic mass is 9.99. The summed E-state index contributed by atoms with van der Waals surface area (Å²) in [6.07, 6.45) is 1.42. The highest BCUT2D eigenvalue weighted by Crippen LogP contribution is 2.16. The summed E-state index contributed by atoms with van der Waals surface area (Å²) in [7, 11) is -3.66. The minimum atomic E-state index is -3.66. The molecule has 0 spiro atoms. The maximum atomic E-state index is 12.3. The average Bonchev–Trinajstić information content (AvgIpc) is 2.45. The standard InChI is InChI=1S/C16H15NO3S/c1-12-11-15(16(18)14-5-3-2-4-6-14)8-7-13(12)9-10-21(17,19)20/h2-11H,1H3,(H2,17,19,20)/b10-9+. The second-order valence-corrected chi connectivity index (χ2v) is 6.11. The van der Waals surface area contributed by atoms with Gasteiger partial charge in [-0.15, -0.1) is 0 Å². The molecule has 0 heterocycles. The SMILES string of the molecule is Cc1cc(C(=O)c2ccccc2)ccc1/C=C/S(N)(=O)=O. The van der Waals surface area contributed by atoms with Gasteiger partial charge in [-0.3, -0.25) is 4.79 Å². The topological polar surface area (TPSA) is 77.2 Å². The number of hydrogen-bond acceptors (Lipinski definition) is 3. The van der Waals surface area contributed by atoms with Gasteiger partial charge in [-0.05, 0) is 30.2 Å². The van der Waals surface area contributed by atoms with E-state index in [1.165, 1.54) is 6.08 Å². The molecule has 2 aromatic carbocycles. The Balaban J connectivity index is 2.32. The number of ketones is 1. The van der Waals surface area contributed by atoms with E-state index >= 15 is 0 Å². The Labute approximate surface area is 124 Å². The smallest absolute Gasteiger partial charge is 0.231 e. The van der Waals surface area contributed by atoms with Crippen molar-refractivity contribution in [2.75, 3.05) is 0 Å². The van der Waals surface area contributed by atoms with Gasteiger partial charge in [0.1, 0.15) is 0 Å². The van der Waals surface area contributed by atoms with Gasteiger partial charge >= 0.3 is 0 Å². The van der Waals surface area contributed by atoms with Crippen molar-refractivity contribution < 1.29 is 13.2 Å². The average molecular weight is 301 g/mol. The third kappa shape index (κ3) is 4.11. The summed E-state index contributed by atoms with van der Waals surface area (Å²) in [5.41, 5.74) is 2.68. The zero-order chi connectivity index (χ0) is 15.5. The number of benzene rings is 2. The summed E-state index contributed by atoms with van der Waals surface area (Å²) in [4.78, 5) is 12.3. The normalized spacial score (nSPS) is 11.7.